The topological polar surface area (TPSA) is 66.8 Å². The molecular weight excluding hydrogens is 270 g/mol. The van der Waals surface area contributed by atoms with Gasteiger partial charge in [-0.25, -0.2) is 4.79 Å². The van der Waals surface area contributed by atoms with E-state index in [1.54, 1.807) is 4.90 Å². The molecule has 0 spiro atoms. The van der Waals surface area contributed by atoms with Crippen LogP contribution < -0.4 is 0 Å². The number of fused-ring (bicyclic) bond motifs is 3. The third-order valence-corrected chi connectivity index (χ3v) is 4.72. The molecule has 2 saturated heterocycles. The number of amides is 1. The first-order chi connectivity index (χ1) is 10.1. The van der Waals surface area contributed by atoms with Crippen molar-refractivity contribution in [3.63, 3.8) is 0 Å². The molecule has 21 heavy (non-hydrogen) atoms. The Hall–Kier alpha value is -2.04. The fourth-order valence-electron chi connectivity index (χ4n) is 3.38. The summed E-state index contributed by atoms with van der Waals surface area (Å²) in [5.74, 6) is -0.790. The fourth-order valence-corrected chi connectivity index (χ4v) is 3.38. The maximum absolute atomic E-state index is 12.2. The van der Waals surface area contributed by atoms with Gasteiger partial charge in [-0.2, -0.15) is 0 Å². The molecule has 3 fully saturated rings. The van der Waals surface area contributed by atoms with Crippen LogP contribution in [0.3, 0.4) is 0 Å². The van der Waals surface area contributed by atoms with Crippen LogP contribution in [0.15, 0.2) is 30.3 Å². The molecule has 3 aliphatic rings. The molecule has 112 valence electrons. The smallest absolute Gasteiger partial charge is 0.410 e. The van der Waals surface area contributed by atoms with Gasteiger partial charge in [-0.05, 0) is 31.2 Å². The first-order valence-corrected chi connectivity index (χ1v) is 7.31. The van der Waals surface area contributed by atoms with Gasteiger partial charge >= 0.3 is 12.1 Å². The van der Waals surface area contributed by atoms with Crippen LogP contribution in [0.25, 0.3) is 0 Å². The van der Waals surface area contributed by atoms with Crippen molar-refractivity contribution in [3.05, 3.63) is 35.9 Å². The molecule has 1 aromatic carbocycles. The van der Waals surface area contributed by atoms with Gasteiger partial charge in [-0.1, -0.05) is 30.3 Å². The summed E-state index contributed by atoms with van der Waals surface area (Å²) in [6, 6.07) is 9.63. The summed E-state index contributed by atoms with van der Waals surface area (Å²) in [4.78, 5) is 25.4. The zero-order valence-electron chi connectivity index (χ0n) is 11.8. The number of nitrogens with zero attached hydrogens (tertiary/aromatic N) is 1. The molecule has 0 radical (unpaired) electrons. The molecule has 1 aromatic rings. The van der Waals surface area contributed by atoms with Crippen molar-refractivity contribution in [2.45, 2.75) is 38.3 Å². The van der Waals surface area contributed by atoms with Crippen molar-refractivity contribution in [1.82, 2.24) is 4.90 Å². The SMILES string of the molecule is O=C(OCc1ccccc1)N1CC2(C(=O)O)CCC1CC2. The lowest BCUT2D eigenvalue weighted by atomic mass is 9.68. The number of aliphatic carboxylic acids is 1. The van der Waals surface area contributed by atoms with Crippen LogP contribution in [0.4, 0.5) is 4.79 Å². The highest BCUT2D eigenvalue weighted by atomic mass is 16.6. The lowest BCUT2D eigenvalue weighted by Crippen LogP contribution is -2.58. The number of carbonyl (C=O) groups is 2. The number of carboxylic acid groups (broad SMARTS) is 1. The number of carbonyl (C=O) groups excluding carboxylic acids is 1. The van der Waals surface area contributed by atoms with E-state index < -0.39 is 17.5 Å². The molecule has 0 atom stereocenters. The first kappa shape index (κ1) is 13.9. The molecule has 1 N–H and O–H groups in total. The molecule has 2 aliphatic heterocycles. The number of ether oxygens (including phenoxy) is 1. The van der Waals surface area contributed by atoms with Crippen LogP contribution in [0.1, 0.15) is 31.2 Å². The van der Waals surface area contributed by atoms with Crippen molar-refractivity contribution in [1.29, 1.82) is 0 Å². The Balaban J connectivity index is 1.64. The minimum absolute atomic E-state index is 0.134. The molecule has 5 heteroatoms. The van der Waals surface area contributed by atoms with Gasteiger partial charge in [-0.3, -0.25) is 4.79 Å². The molecule has 1 saturated carbocycles. The summed E-state index contributed by atoms with van der Waals surface area (Å²) in [5, 5.41) is 9.44. The second kappa shape index (κ2) is 5.39. The van der Waals surface area contributed by atoms with Crippen LogP contribution in [-0.4, -0.2) is 34.7 Å². The van der Waals surface area contributed by atoms with Crippen LogP contribution in [0, 0.1) is 5.41 Å². The molecule has 2 bridgehead atoms. The summed E-state index contributed by atoms with van der Waals surface area (Å²) < 4.78 is 5.34. The second-order valence-electron chi connectivity index (χ2n) is 5.98. The van der Waals surface area contributed by atoms with E-state index in [0.29, 0.717) is 12.8 Å². The Bertz CT molecular complexity index is 534. The van der Waals surface area contributed by atoms with Gasteiger partial charge in [-0.15, -0.1) is 0 Å². The van der Waals surface area contributed by atoms with Gasteiger partial charge in [0.2, 0.25) is 0 Å². The van der Waals surface area contributed by atoms with Crippen molar-refractivity contribution >= 4 is 12.1 Å². The Morgan fingerprint density at radius 3 is 2.52 bits per heavy atom. The van der Waals surface area contributed by atoms with E-state index in [-0.39, 0.29) is 19.2 Å². The normalized spacial score (nSPS) is 27.4. The third kappa shape index (κ3) is 2.60. The van der Waals surface area contributed by atoms with Gasteiger partial charge < -0.3 is 14.7 Å². The van der Waals surface area contributed by atoms with Crippen LogP contribution in [0.5, 0.6) is 0 Å². The summed E-state index contributed by atoms with van der Waals surface area (Å²) >= 11 is 0. The van der Waals surface area contributed by atoms with E-state index >= 15 is 0 Å². The maximum Gasteiger partial charge on any atom is 0.410 e. The van der Waals surface area contributed by atoms with Gasteiger partial charge in [0.1, 0.15) is 6.61 Å². The van der Waals surface area contributed by atoms with Crippen molar-refractivity contribution in [3.8, 4) is 0 Å². The molecule has 1 aliphatic carbocycles. The molecule has 1 amide bonds. The number of benzene rings is 1. The first-order valence-electron chi connectivity index (χ1n) is 7.31. The van der Waals surface area contributed by atoms with Crippen molar-refractivity contribution in [2.24, 2.45) is 5.41 Å². The number of hydrogen-bond donors (Lipinski definition) is 1. The minimum Gasteiger partial charge on any atom is -0.481 e. The van der Waals surface area contributed by atoms with E-state index in [9.17, 15) is 14.7 Å². The molecule has 5 nitrogen and oxygen atoms in total. The van der Waals surface area contributed by atoms with E-state index in [4.69, 9.17) is 4.74 Å². The van der Waals surface area contributed by atoms with Crippen molar-refractivity contribution < 1.29 is 19.4 Å². The predicted octanol–water partition coefficient (Wildman–Crippen LogP) is 2.65. The summed E-state index contributed by atoms with van der Waals surface area (Å²) in [6.45, 7) is 0.504. The summed E-state index contributed by atoms with van der Waals surface area (Å²) in [7, 11) is 0. The highest BCUT2D eigenvalue weighted by molar-refractivity contribution is 5.77. The van der Waals surface area contributed by atoms with Crippen LogP contribution >= 0.6 is 0 Å². The van der Waals surface area contributed by atoms with E-state index in [1.807, 2.05) is 30.3 Å². The quantitative estimate of drug-likeness (QED) is 0.929. The molecule has 4 rings (SSSR count). The third-order valence-electron chi connectivity index (χ3n) is 4.72. The summed E-state index contributed by atoms with van der Waals surface area (Å²) in [5.41, 5.74) is 0.168. The van der Waals surface area contributed by atoms with Crippen LogP contribution in [0.2, 0.25) is 0 Å². The average Bonchev–Trinajstić information content (AvgIpc) is 2.54. The number of piperidine rings is 2. The predicted molar refractivity (Wildman–Crippen MR) is 75.7 cm³/mol. The average molecular weight is 289 g/mol. The van der Waals surface area contributed by atoms with Gasteiger partial charge in [0.25, 0.3) is 0 Å². The van der Waals surface area contributed by atoms with E-state index in [1.165, 1.54) is 0 Å². The molecular formula is C16H19NO4. The number of rotatable bonds is 3. The fraction of sp³-hybridized carbons (Fsp3) is 0.500. The Morgan fingerprint density at radius 2 is 1.90 bits per heavy atom. The Labute approximate surface area is 123 Å². The maximum atomic E-state index is 12.2. The van der Waals surface area contributed by atoms with Gasteiger partial charge in [0.15, 0.2) is 0 Å². The molecule has 0 aromatic heterocycles. The Morgan fingerprint density at radius 1 is 1.24 bits per heavy atom. The lowest BCUT2D eigenvalue weighted by molar-refractivity contribution is -0.158. The van der Waals surface area contributed by atoms with Gasteiger partial charge in [0.05, 0.1) is 5.41 Å². The van der Waals surface area contributed by atoms with E-state index in [0.717, 1.165) is 18.4 Å². The van der Waals surface area contributed by atoms with Gasteiger partial charge in [0, 0.05) is 12.6 Å². The van der Waals surface area contributed by atoms with Crippen LogP contribution in [-0.2, 0) is 16.1 Å². The zero-order chi connectivity index (χ0) is 14.9. The number of hydrogen-bond acceptors (Lipinski definition) is 3. The largest absolute Gasteiger partial charge is 0.481 e. The molecule has 2 heterocycles. The number of carboxylic acids is 1. The minimum atomic E-state index is -0.790. The Kier molecular flexibility index (Phi) is 3.57. The summed E-state index contributed by atoms with van der Waals surface area (Å²) in [6.07, 6.45) is 2.44. The highest BCUT2D eigenvalue weighted by Gasteiger charge is 2.51. The monoisotopic (exact) mass is 289 g/mol. The molecule has 0 unspecified atom stereocenters. The zero-order valence-corrected chi connectivity index (χ0v) is 11.8. The van der Waals surface area contributed by atoms with Crippen molar-refractivity contribution in [2.75, 3.05) is 6.54 Å². The second-order valence-corrected chi connectivity index (χ2v) is 5.98. The standard InChI is InChI=1S/C16H19NO4/c18-14(19)16-8-6-13(7-9-16)17(11-16)15(20)21-10-12-4-2-1-3-5-12/h1-5,13H,6-11H2,(H,18,19). The lowest BCUT2D eigenvalue weighted by Gasteiger charge is -2.49. The highest BCUT2D eigenvalue weighted by Crippen LogP contribution is 2.45. The van der Waals surface area contributed by atoms with E-state index in [2.05, 4.69) is 0 Å².